The van der Waals surface area contributed by atoms with Crippen molar-refractivity contribution in [2.75, 3.05) is 53.6 Å². The van der Waals surface area contributed by atoms with Crippen molar-refractivity contribution < 1.29 is 19.0 Å². The average molecular weight is 538 g/mol. The number of amides is 1. The van der Waals surface area contributed by atoms with Crippen molar-refractivity contribution in [3.05, 3.63) is 59.7 Å². The minimum absolute atomic E-state index is 0.0633. The molecule has 1 amide bonds. The Balaban J connectivity index is 1.22. The molecule has 0 radical (unpaired) electrons. The highest BCUT2D eigenvalue weighted by atomic mass is 32.1. The van der Waals surface area contributed by atoms with E-state index in [4.69, 9.17) is 26.4 Å². The van der Waals surface area contributed by atoms with Gasteiger partial charge < -0.3 is 29.3 Å². The van der Waals surface area contributed by atoms with E-state index >= 15 is 0 Å². The van der Waals surface area contributed by atoms with Crippen LogP contribution in [0.15, 0.2) is 48.5 Å². The SMILES string of the molecule is CCOc1ccccc1C=CC(=O)N1CCC2(CC1)CCN(C(=S)NCCc1ccc(OC)c(OC)c1)C2. The topological polar surface area (TPSA) is 63.3 Å². The zero-order valence-electron chi connectivity index (χ0n) is 22.7. The summed E-state index contributed by atoms with van der Waals surface area (Å²) in [5.74, 6) is 2.34. The molecule has 204 valence electrons. The van der Waals surface area contributed by atoms with Crippen molar-refractivity contribution in [3.8, 4) is 17.2 Å². The van der Waals surface area contributed by atoms with E-state index in [1.54, 1.807) is 20.3 Å². The number of nitrogens with one attached hydrogen (secondary N) is 1. The Labute approximate surface area is 231 Å². The quantitative estimate of drug-likeness (QED) is 0.372. The molecule has 2 heterocycles. The lowest BCUT2D eigenvalue weighted by atomic mass is 9.78. The highest BCUT2D eigenvalue weighted by Crippen LogP contribution is 2.40. The van der Waals surface area contributed by atoms with Gasteiger partial charge in [0.1, 0.15) is 5.75 Å². The third kappa shape index (κ3) is 6.78. The Morgan fingerprint density at radius 2 is 1.71 bits per heavy atom. The van der Waals surface area contributed by atoms with Crippen LogP contribution in [0.5, 0.6) is 17.2 Å². The monoisotopic (exact) mass is 537 g/mol. The van der Waals surface area contributed by atoms with E-state index in [2.05, 4.69) is 16.3 Å². The van der Waals surface area contributed by atoms with E-state index in [-0.39, 0.29) is 11.3 Å². The van der Waals surface area contributed by atoms with Crippen LogP contribution in [0.2, 0.25) is 0 Å². The van der Waals surface area contributed by atoms with Crippen molar-refractivity contribution in [1.82, 2.24) is 15.1 Å². The Kier molecular flexibility index (Phi) is 9.50. The highest BCUT2D eigenvalue weighted by molar-refractivity contribution is 7.80. The van der Waals surface area contributed by atoms with Gasteiger partial charge in [-0.25, -0.2) is 0 Å². The van der Waals surface area contributed by atoms with Crippen LogP contribution in [0.25, 0.3) is 6.08 Å². The van der Waals surface area contributed by atoms with Crippen LogP contribution in [0, 0.1) is 5.41 Å². The number of carbonyl (C=O) groups is 1. The number of ether oxygens (including phenoxy) is 3. The molecule has 2 fully saturated rings. The number of likely N-dealkylation sites (tertiary alicyclic amines) is 2. The first kappa shape index (κ1) is 27.8. The molecule has 2 aromatic carbocycles. The lowest BCUT2D eigenvalue weighted by molar-refractivity contribution is -0.128. The average Bonchev–Trinajstić information content (AvgIpc) is 3.36. The molecule has 2 aliphatic heterocycles. The minimum atomic E-state index is 0.0633. The predicted molar refractivity (Wildman–Crippen MR) is 155 cm³/mol. The molecule has 1 N–H and O–H groups in total. The van der Waals surface area contributed by atoms with Gasteiger partial charge in [-0.1, -0.05) is 24.3 Å². The van der Waals surface area contributed by atoms with Crippen LogP contribution in [-0.4, -0.2) is 74.4 Å². The van der Waals surface area contributed by atoms with E-state index in [9.17, 15) is 4.79 Å². The molecule has 0 aromatic heterocycles. The second kappa shape index (κ2) is 13.0. The van der Waals surface area contributed by atoms with E-state index in [0.717, 1.165) is 86.3 Å². The molecular weight excluding hydrogens is 498 g/mol. The maximum Gasteiger partial charge on any atom is 0.246 e. The van der Waals surface area contributed by atoms with Crippen LogP contribution in [0.1, 0.15) is 37.3 Å². The number of methoxy groups -OCH3 is 2. The Morgan fingerprint density at radius 1 is 1.00 bits per heavy atom. The number of para-hydroxylation sites is 1. The summed E-state index contributed by atoms with van der Waals surface area (Å²) in [6.45, 7) is 6.80. The summed E-state index contributed by atoms with van der Waals surface area (Å²) in [4.78, 5) is 17.1. The van der Waals surface area contributed by atoms with Gasteiger partial charge in [-0.2, -0.15) is 0 Å². The minimum Gasteiger partial charge on any atom is -0.493 e. The fraction of sp³-hybridized carbons (Fsp3) is 0.467. The van der Waals surface area contributed by atoms with Crippen molar-refractivity contribution in [3.63, 3.8) is 0 Å². The molecule has 2 aliphatic rings. The zero-order valence-corrected chi connectivity index (χ0v) is 23.5. The number of benzene rings is 2. The maximum atomic E-state index is 12.9. The van der Waals surface area contributed by atoms with Gasteiger partial charge in [0.05, 0.1) is 20.8 Å². The zero-order chi connectivity index (χ0) is 27.0. The Morgan fingerprint density at radius 3 is 2.42 bits per heavy atom. The first-order valence-corrected chi connectivity index (χ1v) is 13.8. The van der Waals surface area contributed by atoms with Gasteiger partial charge in [-0.15, -0.1) is 0 Å². The number of hydrogen-bond acceptors (Lipinski definition) is 5. The molecule has 0 unspecified atom stereocenters. The Bertz CT molecular complexity index is 1140. The van der Waals surface area contributed by atoms with Crippen molar-refractivity contribution in [2.24, 2.45) is 5.41 Å². The largest absolute Gasteiger partial charge is 0.493 e. The number of rotatable bonds is 9. The molecule has 0 atom stereocenters. The number of nitrogens with zero attached hydrogens (tertiary/aromatic N) is 2. The fourth-order valence-electron chi connectivity index (χ4n) is 5.35. The van der Waals surface area contributed by atoms with Crippen molar-refractivity contribution >= 4 is 29.3 Å². The van der Waals surface area contributed by atoms with E-state index in [1.165, 1.54) is 5.56 Å². The lowest BCUT2D eigenvalue weighted by Crippen LogP contribution is -2.45. The Hall–Kier alpha value is -3.26. The smallest absolute Gasteiger partial charge is 0.246 e. The van der Waals surface area contributed by atoms with E-state index in [0.29, 0.717) is 6.61 Å². The van der Waals surface area contributed by atoms with Gasteiger partial charge in [0.2, 0.25) is 5.91 Å². The number of piperidine rings is 1. The molecule has 0 saturated carbocycles. The molecule has 4 rings (SSSR count). The van der Waals surface area contributed by atoms with Crippen LogP contribution in [0.3, 0.4) is 0 Å². The molecule has 0 aliphatic carbocycles. The van der Waals surface area contributed by atoms with Crippen molar-refractivity contribution in [1.29, 1.82) is 0 Å². The summed E-state index contributed by atoms with van der Waals surface area (Å²) in [6.07, 6.45) is 7.51. The lowest BCUT2D eigenvalue weighted by Gasteiger charge is -2.39. The predicted octanol–water partition coefficient (Wildman–Crippen LogP) is 4.55. The standard InChI is InChI=1S/C30H39N3O4S/c1-4-37-25-8-6-5-7-24(25)10-12-28(34)32-18-14-30(15-19-32)16-20-33(22-30)29(38)31-17-13-23-9-11-26(35-2)27(21-23)36-3/h5-12,21H,4,13-20,22H2,1-3H3,(H,31,38). The second-order valence-electron chi connectivity index (χ2n) is 9.97. The summed E-state index contributed by atoms with van der Waals surface area (Å²) in [6, 6.07) is 13.8. The van der Waals surface area contributed by atoms with Crippen LogP contribution >= 0.6 is 12.2 Å². The van der Waals surface area contributed by atoms with Gasteiger partial charge in [0.15, 0.2) is 16.6 Å². The second-order valence-corrected chi connectivity index (χ2v) is 10.4. The molecule has 8 heteroatoms. The number of hydrogen-bond donors (Lipinski definition) is 1. The van der Waals surface area contributed by atoms with Crippen LogP contribution < -0.4 is 19.5 Å². The molecular formula is C30H39N3O4S. The van der Waals surface area contributed by atoms with E-state index < -0.39 is 0 Å². The molecule has 1 spiro atoms. The van der Waals surface area contributed by atoms with Crippen LogP contribution in [-0.2, 0) is 11.2 Å². The molecule has 7 nitrogen and oxygen atoms in total. The summed E-state index contributed by atoms with van der Waals surface area (Å²) in [7, 11) is 3.29. The van der Waals surface area contributed by atoms with E-state index in [1.807, 2.05) is 54.3 Å². The summed E-state index contributed by atoms with van der Waals surface area (Å²) in [5, 5.41) is 4.25. The highest BCUT2D eigenvalue weighted by Gasteiger charge is 2.41. The molecule has 38 heavy (non-hydrogen) atoms. The van der Waals surface area contributed by atoms with Crippen LogP contribution in [0.4, 0.5) is 0 Å². The van der Waals surface area contributed by atoms with Gasteiger partial charge in [-0.05, 0) is 80.1 Å². The third-order valence-electron chi connectivity index (χ3n) is 7.62. The molecule has 2 saturated heterocycles. The van der Waals surface area contributed by atoms with Gasteiger partial charge in [0, 0.05) is 44.4 Å². The fourth-order valence-corrected chi connectivity index (χ4v) is 5.61. The summed E-state index contributed by atoms with van der Waals surface area (Å²) in [5.41, 5.74) is 2.33. The third-order valence-corrected chi connectivity index (χ3v) is 8.03. The number of thiocarbonyl (C=S) groups is 1. The summed E-state index contributed by atoms with van der Waals surface area (Å²) >= 11 is 5.73. The first-order valence-electron chi connectivity index (χ1n) is 13.4. The maximum absolute atomic E-state index is 12.9. The molecule has 0 bridgehead atoms. The summed E-state index contributed by atoms with van der Waals surface area (Å²) < 4.78 is 16.4. The normalized spacial score (nSPS) is 16.6. The number of carbonyl (C=O) groups excluding carboxylic acids is 1. The van der Waals surface area contributed by atoms with Gasteiger partial charge in [0.25, 0.3) is 0 Å². The van der Waals surface area contributed by atoms with Crippen molar-refractivity contribution in [2.45, 2.75) is 32.6 Å². The van der Waals surface area contributed by atoms with Gasteiger partial charge in [-0.3, -0.25) is 4.79 Å². The molecule has 2 aromatic rings. The van der Waals surface area contributed by atoms with Gasteiger partial charge >= 0.3 is 0 Å². The first-order chi connectivity index (χ1) is 18.5.